The lowest BCUT2D eigenvalue weighted by Crippen LogP contribution is -2.25. The first kappa shape index (κ1) is 25.1. The van der Waals surface area contributed by atoms with E-state index in [0.29, 0.717) is 24.9 Å². The largest absolute Gasteiger partial charge is 0.353 e. The van der Waals surface area contributed by atoms with Crippen molar-refractivity contribution in [3.63, 3.8) is 0 Å². The molecule has 32 heavy (non-hydrogen) atoms. The first-order valence-corrected chi connectivity index (χ1v) is 11.5. The van der Waals surface area contributed by atoms with E-state index in [-0.39, 0.29) is 11.8 Å². The molecule has 0 fully saturated rings. The van der Waals surface area contributed by atoms with E-state index in [1.165, 1.54) is 11.1 Å². The van der Waals surface area contributed by atoms with Gasteiger partial charge in [0.1, 0.15) is 0 Å². The van der Waals surface area contributed by atoms with Crippen LogP contribution in [0.2, 0.25) is 0 Å². The van der Waals surface area contributed by atoms with E-state index in [2.05, 4.69) is 62.6 Å². The van der Waals surface area contributed by atoms with Crippen molar-refractivity contribution >= 4 is 24.0 Å². The summed E-state index contributed by atoms with van der Waals surface area (Å²) in [6, 6.07) is 16.5. The molecule has 0 saturated carbocycles. The van der Waals surface area contributed by atoms with Crippen molar-refractivity contribution in [1.29, 1.82) is 0 Å². The highest BCUT2D eigenvalue weighted by Gasteiger charge is 2.00. The number of nitrogens with one attached hydrogen (secondary N) is 2. The highest BCUT2D eigenvalue weighted by atomic mass is 16.2. The lowest BCUT2D eigenvalue weighted by Gasteiger charge is -2.05. The average molecular weight is 433 g/mol. The molecule has 0 saturated heterocycles. The molecule has 0 heterocycles. The second-order valence-electron chi connectivity index (χ2n) is 8.60. The lowest BCUT2D eigenvalue weighted by molar-refractivity contribution is -0.117. The summed E-state index contributed by atoms with van der Waals surface area (Å²) in [5.74, 6) is 0.792. The minimum Gasteiger partial charge on any atom is -0.353 e. The standard InChI is InChI=1S/C28H36N2O2/c1-21(2)25-13-7-23(8-14-25)11-17-27(31)29-19-5-6-20-30-28(32)18-12-24-9-15-26(16-10-24)22(3)4/h7-18,21-22H,5-6,19-20H2,1-4H3,(H,29,31)(H,30,32)/b17-11+,18-12+. The molecule has 0 atom stereocenters. The Morgan fingerprint density at radius 2 is 1.00 bits per heavy atom. The van der Waals surface area contributed by atoms with E-state index in [1.807, 2.05) is 36.4 Å². The molecule has 0 aliphatic heterocycles. The van der Waals surface area contributed by atoms with E-state index in [1.54, 1.807) is 12.2 Å². The zero-order chi connectivity index (χ0) is 23.3. The maximum atomic E-state index is 11.9. The maximum absolute atomic E-state index is 11.9. The molecule has 0 bridgehead atoms. The number of unbranched alkanes of at least 4 members (excludes halogenated alkanes) is 1. The van der Waals surface area contributed by atoms with Gasteiger partial charge in [0.05, 0.1) is 0 Å². The van der Waals surface area contributed by atoms with Crippen molar-refractivity contribution in [1.82, 2.24) is 10.6 Å². The summed E-state index contributed by atoms with van der Waals surface area (Å²) < 4.78 is 0. The monoisotopic (exact) mass is 432 g/mol. The molecule has 4 nitrogen and oxygen atoms in total. The van der Waals surface area contributed by atoms with Gasteiger partial charge in [-0.05, 0) is 59.1 Å². The molecule has 0 spiro atoms. The van der Waals surface area contributed by atoms with Crippen LogP contribution in [0.1, 0.15) is 74.6 Å². The van der Waals surface area contributed by atoms with Crippen LogP contribution in [-0.4, -0.2) is 24.9 Å². The molecular weight excluding hydrogens is 396 g/mol. The first-order chi connectivity index (χ1) is 15.3. The predicted molar refractivity (Wildman–Crippen MR) is 134 cm³/mol. The summed E-state index contributed by atoms with van der Waals surface area (Å²) in [5, 5.41) is 5.75. The van der Waals surface area contributed by atoms with Crippen LogP contribution in [-0.2, 0) is 9.59 Å². The second kappa shape index (κ2) is 13.3. The van der Waals surface area contributed by atoms with Crippen LogP contribution in [0.3, 0.4) is 0 Å². The van der Waals surface area contributed by atoms with Gasteiger partial charge >= 0.3 is 0 Å². The molecule has 2 amide bonds. The highest BCUT2D eigenvalue weighted by Crippen LogP contribution is 2.16. The summed E-state index contributed by atoms with van der Waals surface area (Å²) in [7, 11) is 0. The lowest BCUT2D eigenvalue weighted by atomic mass is 10.0. The van der Waals surface area contributed by atoms with E-state index in [0.717, 1.165) is 24.0 Å². The third-order valence-electron chi connectivity index (χ3n) is 5.26. The predicted octanol–water partition coefficient (Wildman–Crippen LogP) is 5.67. The Morgan fingerprint density at radius 1 is 0.656 bits per heavy atom. The smallest absolute Gasteiger partial charge is 0.243 e. The Labute approximate surface area is 192 Å². The average Bonchev–Trinajstić information content (AvgIpc) is 2.79. The minimum atomic E-state index is -0.103. The minimum absolute atomic E-state index is 0.103. The van der Waals surface area contributed by atoms with Crippen molar-refractivity contribution in [2.45, 2.75) is 52.4 Å². The topological polar surface area (TPSA) is 58.2 Å². The van der Waals surface area contributed by atoms with Crippen LogP contribution in [0.15, 0.2) is 60.7 Å². The van der Waals surface area contributed by atoms with Crippen LogP contribution in [0, 0.1) is 0 Å². The third kappa shape index (κ3) is 9.34. The van der Waals surface area contributed by atoms with Gasteiger partial charge in [0, 0.05) is 25.2 Å². The summed E-state index contributed by atoms with van der Waals surface area (Å²) in [5.41, 5.74) is 4.59. The van der Waals surface area contributed by atoms with E-state index in [9.17, 15) is 9.59 Å². The van der Waals surface area contributed by atoms with E-state index >= 15 is 0 Å². The number of hydrogen-bond donors (Lipinski definition) is 2. The second-order valence-corrected chi connectivity index (χ2v) is 8.60. The molecule has 2 rings (SSSR count). The number of amides is 2. The Hall–Kier alpha value is -3.14. The molecule has 0 aromatic heterocycles. The number of carbonyl (C=O) groups excluding carboxylic acids is 2. The van der Waals surface area contributed by atoms with Crippen LogP contribution in [0.4, 0.5) is 0 Å². The molecule has 2 aromatic carbocycles. The molecule has 0 aliphatic carbocycles. The number of carbonyl (C=O) groups is 2. The van der Waals surface area contributed by atoms with Crippen molar-refractivity contribution < 1.29 is 9.59 Å². The zero-order valence-electron chi connectivity index (χ0n) is 19.7. The van der Waals surface area contributed by atoms with Crippen LogP contribution < -0.4 is 10.6 Å². The van der Waals surface area contributed by atoms with E-state index < -0.39 is 0 Å². The fraction of sp³-hybridized carbons (Fsp3) is 0.357. The summed E-state index contributed by atoms with van der Waals surface area (Å²) in [4.78, 5) is 23.9. The van der Waals surface area contributed by atoms with E-state index in [4.69, 9.17) is 0 Å². The van der Waals surface area contributed by atoms with Gasteiger partial charge in [-0.15, -0.1) is 0 Å². The fourth-order valence-corrected chi connectivity index (χ4v) is 3.12. The number of benzene rings is 2. The van der Waals surface area contributed by atoms with Crippen LogP contribution in [0.5, 0.6) is 0 Å². The molecule has 0 unspecified atom stereocenters. The first-order valence-electron chi connectivity index (χ1n) is 11.5. The summed E-state index contributed by atoms with van der Waals surface area (Å²) in [6.45, 7) is 9.81. The van der Waals surface area contributed by atoms with Crippen molar-refractivity contribution in [3.05, 3.63) is 82.9 Å². The number of hydrogen-bond acceptors (Lipinski definition) is 2. The molecular formula is C28H36N2O2. The quantitative estimate of drug-likeness (QED) is 0.355. The highest BCUT2D eigenvalue weighted by molar-refractivity contribution is 5.92. The molecule has 170 valence electrons. The SMILES string of the molecule is CC(C)c1ccc(/C=C/C(=O)NCCCCNC(=O)/C=C/c2ccc(C(C)C)cc2)cc1. The van der Waals surface area contributed by atoms with Gasteiger partial charge in [0.2, 0.25) is 11.8 Å². The molecule has 0 radical (unpaired) electrons. The van der Waals surface area contributed by atoms with Gasteiger partial charge in [0.15, 0.2) is 0 Å². The fourth-order valence-electron chi connectivity index (χ4n) is 3.12. The van der Waals surface area contributed by atoms with Gasteiger partial charge in [-0.3, -0.25) is 9.59 Å². The maximum Gasteiger partial charge on any atom is 0.243 e. The Bertz CT molecular complexity index is 830. The van der Waals surface area contributed by atoms with Crippen molar-refractivity contribution in [3.8, 4) is 0 Å². The Balaban J connectivity index is 1.59. The molecule has 4 heteroatoms. The molecule has 0 aliphatic rings. The van der Waals surface area contributed by atoms with Crippen molar-refractivity contribution in [2.75, 3.05) is 13.1 Å². The van der Waals surface area contributed by atoms with Crippen LogP contribution >= 0.6 is 0 Å². The van der Waals surface area contributed by atoms with Crippen LogP contribution in [0.25, 0.3) is 12.2 Å². The molecule has 2 aromatic rings. The van der Waals surface area contributed by atoms with Gasteiger partial charge in [-0.1, -0.05) is 76.2 Å². The molecule has 2 N–H and O–H groups in total. The summed E-state index contributed by atoms with van der Waals surface area (Å²) >= 11 is 0. The van der Waals surface area contributed by atoms with Gasteiger partial charge in [-0.2, -0.15) is 0 Å². The van der Waals surface area contributed by atoms with Gasteiger partial charge < -0.3 is 10.6 Å². The number of rotatable bonds is 11. The third-order valence-corrected chi connectivity index (χ3v) is 5.26. The Morgan fingerprint density at radius 3 is 1.31 bits per heavy atom. The zero-order valence-corrected chi connectivity index (χ0v) is 19.7. The summed E-state index contributed by atoms with van der Waals surface area (Å²) in [6.07, 6.45) is 8.38. The van der Waals surface area contributed by atoms with Gasteiger partial charge in [-0.25, -0.2) is 0 Å². The Kier molecular flexibility index (Phi) is 10.5. The normalized spacial score (nSPS) is 11.6. The van der Waals surface area contributed by atoms with Gasteiger partial charge in [0.25, 0.3) is 0 Å². The van der Waals surface area contributed by atoms with Crippen molar-refractivity contribution in [2.24, 2.45) is 0 Å².